The number of nitrogens with one attached hydrogen (secondary N) is 1. The Hall–Kier alpha value is -1.46. The van der Waals surface area contributed by atoms with Crippen LogP contribution in [0.1, 0.15) is 31.9 Å². The molecule has 0 aliphatic carbocycles. The van der Waals surface area contributed by atoms with Crippen molar-refractivity contribution in [2.24, 2.45) is 0 Å². The van der Waals surface area contributed by atoms with Gasteiger partial charge in [-0.1, -0.05) is 49.2 Å². The van der Waals surface area contributed by atoms with Crippen molar-refractivity contribution in [3.05, 3.63) is 57.6 Å². The van der Waals surface area contributed by atoms with E-state index in [1.165, 1.54) is 0 Å². The largest absolute Gasteiger partial charge is 0.490 e. The Morgan fingerprint density at radius 2 is 1.75 bits per heavy atom. The molecule has 1 N–H and O–H groups in total. The van der Waals surface area contributed by atoms with Crippen LogP contribution in [-0.4, -0.2) is 37.7 Å². The molecule has 0 amide bonds. The maximum absolute atomic E-state index is 6.51. The van der Waals surface area contributed by atoms with E-state index in [0.29, 0.717) is 34.8 Å². The molecule has 0 bridgehead atoms. The van der Waals surface area contributed by atoms with Gasteiger partial charge in [0, 0.05) is 24.7 Å². The molecule has 0 fully saturated rings. The lowest BCUT2D eigenvalue weighted by Crippen LogP contribution is -2.31. The van der Waals surface area contributed by atoms with Crippen molar-refractivity contribution < 1.29 is 9.47 Å². The number of hydrogen-bond acceptors (Lipinski definition) is 4. The molecule has 0 radical (unpaired) electrons. The lowest BCUT2D eigenvalue weighted by Gasteiger charge is -2.18. The third kappa shape index (κ3) is 7.17. The Morgan fingerprint density at radius 1 is 0.964 bits per heavy atom. The van der Waals surface area contributed by atoms with E-state index >= 15 is 0 Å². The first-order chi connectivity index (χ1) is 13.6. The molecule has 2 aromatic carbocycles. The Kier molecular flexibility index (Phi) is 9.93. The van der Waals surface area contributed by atoms with Crippen molar-refractivity contribution in [1.29, 1.82) is 0 Å². The van der Waals surface area contributed by atoms with Gasteiger partial charge in [0.1, 0.15) is 6.61 Å². The standard InChI is InChI=1S/C22H30Cl2N2O2/c1-4-26(5-2)11-10-25-15-18-13-20(24)22(21(14-18)27-6-3)28-16-17-8-7-9-19(23)12-17/h7-9,12-14,25H,4-6,10-11,15-16H2,1-3H3. The summed E-state index contributed by atoms with van der Waals surface area (Å²) in [4.78, 5) is 2.39. The summed E-state index contributed by atoms with van der Waals surface area (Å²) >= 11 is 12.6. The fourth-order valence-electron chi connectivity index (χ4n) is 2.92. The lowest BCUT2D eigenvalue weighted by atomic mass is 10.2. The monoisotopic (exact) mass is 424 g/mol. The molecule has 0 aliphatic heterocycles. The molecule has 0 aromatic heterocycles. The Labute approximate surface area is 178 Å². The summed E-state index contributed by atoms with van der Waals surface area (Å²) < 4.78 is 11.7. The van der Waals surface area contributed by atoms with Crippen molar-refractivity contribution in [3.8, 4) is 11.5 Å². The molecule has 154 valence electrons. The first kappa shape index (κ1) is 22.8. The highest BCUT2D eigenvalue weighted by atomic mass is 35.5. The molecule has 0 atom stereocenters. The highest BCUT2D eigenvalue weighted by Gasteiger charge is 2.13. The Balaban J connectivity index is 2.01. The highest BCUT2D eigenvalue weighted by Crippen LogP contribution is 2.37. The van der Waals surface area contributed by atoms with Gasteiger partial charge in [-0.25, -0.2) is 0 Å². The van der Waals surface area contributed by atoms with Crippen molar-refractivity contribution >= 4 is 23.2 Å². The van der Waals surface area contributed by atoms with Gasteiger partial charge in [-0.15, -0.1) is 0 Å². The molecule has 0 heterocycles. The van der Waals surface area contributed by atoms with Gasteiger partial charge < -0.3 is 19.7 Å². The lowest BCUT2D eigenvalue weighted by molar-refractivity contribution is 0.269. The van der Waals surface area contributed by atoms with Crippen LogP contribution in [0, 0.1) is 0 Å². The number of nitrogens with zero attached hydrogens (tertiary/aromatic N) is 1. The van der Waals surface area contributed by atoms with Crippen LogP contribution in [0.4, 0.5) is 0 Å². The smallest absolute Gasteiger partial charge is 0.180 e. The Bertz CT molecular complexity index is 736. The first-order valence-corrected chi connectivity index (χ1v) is 10.6. The molecular weight excluding hydrogens is 395 g/mol. The van der Waals surface area contributed by atoms with E-state index < -0.39 is 0 Å². The number of rotatable bonds is 12. The van der Waals surface area contributed by atoms with E-state index in [0.717, 1.165) is 43.9 Å². The molecule has 0 aliphatic rings. The molecule has 2 rings (SSSR count). The van der Waals surface area contributed by atoms with Gasteiger partial charge in [0.15, 0.2) is 11.5 Å². The van der Waals surface area contributed by atoms with Gasteiger partial charge in [-0.05, 0) is 55.4 Å². The summed E-state index contributed by atoms with van der Waals surface area (Å²) in [5, 5.41) is 4.70. The van der Waals surface area contributed by atoms with Crippen molar-refractivity contribution in [3.63, 3.8) is 0 Å². The fourth-order valence-corrected chi connectivity index (χ4v) is 3.42. The van der Waals surface area contributed by atoms with E-state index in [-0.39, 0.29) is 0 Å². The zero-order chi connectivity index (χ0) is 20.4. The van der Waals surface area contributed by atoms with Crippen molar-refractivity contribution in [2.75, 3.05) is 32.8 Å². The molecule has 2 aromatic rings. The van der Waals surface area contributed by atoms with Gasteiger partial charge in [0.2, 0.25) is 0 Å². The summed E-state index contributed by atoms with van der Waals surface area (Å²) in [6, 6.07) is 11.5. The van der Waals surface area contributed by atoms with Crippen LogP contribution < -0.4 is 14.8 Å². The predicted molar refractivity (Wildman–Crippen MR) is 118 cm³/mol. The van der Waals surface area contributed by atoms with Crippen LogP contribution in [0.2, 0.25) is 10.0 Å². The van der Waals surface area contributed by atoms with Gasteiger partial charge >= 0.3 is 0 Å². The van der Waals surface area contributed by atoms with Crippen molar-refractivity contribution in [1.82, 2.24) is 10.2 Å². The van der Waals surface area contributed by atoms with E-state index in [4.69, 9.17) is 32.7 Å². The van der Waals surface area contributed by atoms with Crippen LogP contribution in [0.15, 0.2) is 36.4 Å². The third-order valence-corrected chi connectivity index (χ3v) is 4.99. The number of hydrogen-bond donors (Lipinski definition) is 1. The van der Waals surface area contributed by atoms with Crippen LogP contribution >= 0.6 is 23.2 Å². The van der Waals surface area contributed by atoms with E-state index in [1.807, 2.05) is 43.3 Å². The summed E-state index contributed by atoms with van der Waals surface area (Å²) in [5.74, 6) is 1.23. The average molecular weight is 425 g/mol. The van der Waals surface area contributed by atoms with E-state index in [9.17, 15) is 0 Å². The predicted octanol–water partition coefficient (Wildman–Crippen LogP) is 5.40. The topological polar surface area (TPSA) is 33.7 Å². The first-order valence-electron chi connectivity index (χ1n) is 9.82. The zero-order valence-corrected chi connectivity index (χ0v) is 18.4. The molecule has 6 heteroatoms. The minimum absolute atomic E-state index is 0.377. The minimum Gasteiger partial charge on any atom is -0.490 e. The highest BCUT2D eigenvalue weighted by molar-refractivity contribution is 6.32. The maximum Gasteiger partial charge on any atom is 0.180 e. The summed E-state index contributed by atoms with van der Waals surface area (Å²) in [5.41, 5.74) is 2.05. The number of likely N-dealkylation sites (N-methyl/N-ethyl adjacent to an activating group) is 1. The van der Waals surface area contributed by atoms with Gasteiger partial charge in [-0.3, -0.25) is 0 Å². The van der Waals surface area contributed by atoms with Gasteiger partial charge in [0.25, 0.3) is 0 Å². The van der Waals surface area contributed by atoms with Crippen LogP contribution in [0.5, 0.6) is 11.5 Å². The van der Waals surface area contributed by atoms with E-state index in [1.54, 1.807) is 0 Å². The SMILES string of the molecule is CCOc1cc(CNCCN(CC)CC)cc(Cl)c1OCc1cccc(Cl)c1. The number of benzene rings is 2. The van der Waals surface area contributed by atoms with Gasteiger partial charge in [0.05, 0.1) is 11.6 Å². The normalized spacial score (nSPS) is 11.1. The molecule has 0 saturated heterocycles. The maximum atomic E-state index is 6.51. The van der Waals surface area contributed by atoms with Gasteiger partial charge in [-0.2, -0.15) is 0 Å². The molecule has 0 saturated carbocycles. The quantitative estimate of drug-likeness (QED) is 0.462. The number of halogens is 2. The molecule has 0 spiro atoms. The van der Waals surface area contributed by atoms with Crippen LogP contribution in [0.3, 0.4) is 0 Å². The summed E-state index contributed by atoms with van der Waals surface area (Å²) in [7, 11) is 0. The molecule has 28 heavy (non-hydrogen) atoms. The second-order valence-electron chi connectivity index (χ2n) is 6.46. The molecule has 0 unspecified atom stereocenters. The molecule has 4 nitrogen and oxygen atoms in total. The average Bonchev–Trinajstić information content (AvgIpc) is 2.68. The van der Waals surface area contributed by atoms with E-state index in [2.05, 4.69) is 24.1 Å². The summed E-state index contributed by atoms with van der Waals surface area (Å²) in [6.45, 7) is 12.0. The van der Waals surface area contributed by atoms with Crippen molar-refractivity contribution in [2.45, 2.75) is 33.9 Å². The summed E-state index contributed by atoms with van der Waals surface area (Å²) in [6.07, 6.45) is 0. The second-order valence-corrected chi connectivity index (χ2v) is 7.30. The molecular formula is C22H30Cl2N2O2. The third-order valence-electron chi connectivity index (χ3n) is 4.47. The fraction of sp³-hybridized carbons (Fsp3) is 0.455. The minimum atomic E-state index is 0.377. The second kappa shape index (κ2) is 12.2. The number of ether oxygens (including phenoxy) is 2. The van der Waals surface area contributed by atoms with Crippen LogP contribution in [-0.2, 0) is 13.2 Å². The Morgan fingerprint density at radius 3 is 2.43 bits per heavy atom. The zero-order valence-electron chi connectivity index (χ0n) is 16.9. The van der Waals surface area contributed by atoms with Crippen LogP contribution in [0.25, 0.3) is 0 Å².